The van der Waals surface area contributed by atoms with E-state index >= 15 is 0 Å². The molecule has 0 spiro atoms. The van der Waals surface area contributed by atoms with Gasteiger partial charge in [0.2, 0.25) is 5.88 Å². The van der Waals surface area contributed by atoms with Crippen LogP contribution in [0.5, 0.6) is 5.88 Å². The van der Waals surface area contributed by atoms with Crippen LogP contribution in [0.25, 0.3) is 0 Å². The van der Waals surface area contributed by atoms with Gasteiger partial charge in [-0.1, -0.05) is 0 Å². The maximum absolute atomic E-state index is 12.1. The van der Waals surface area contributed by atoms with Gasteiger partial charge in [0.25, 0.3) is 5.91 Å². The summed E-state index contributed by atoms with van der Waals surface area (Å²) in [4.78, 5) is 12.1. The molecule has 0 radical (unpaired) electrons. The highest BCUT2D eigenvalue weighted by Crippen LogP contribution is 2.16. The summed E-state index contributed by atoms with van der Waals surface area (Å²) < 4.78 is 12.6. The molecule has 0 saturated carbocycles. The summed E-state index contributed by atoms with van der Waals surface area (Å²) in [5, 5.41) is 7.10. The van der Waals surface area contributed by atoms with Gasteiger partial charge in [-0.05, 0) is 26.7 Å². The van der Waals surface area contributed by atoms with E-state index in [9.17, 15) is 4.79 Å². The lowest BCUT2D eigenvalue weighted by Crippen LogP contribution is -2.31. The number of hydrogen-bond donors (Lipinski definition) is 1. The molecule has 6 nitrogen and oxygen atoms in total. The van der Waals surface area contributed by atoms with Gasteiger partial charge in [-0.2, -0.15) is 0 Å². The Morgan fingerprint density at radius 2 is 2.47 bits per heavy atom. The fourth-order valence-corrected chi connectivity index (χ4v) is 2.07. The number of amides is 1. The maximum atomic E-state index is 12.1. The lowest BCUT2D eigenvalue weighted by Gasteiger charge is -2.10. The Kier molecular flexibility index (Phi) is 4.79. The number of nitrogens with zero attached hydrogens (tertiary/aromatic N) is 2. The molecule has 1 fully saturated rings. The number of ether oxygens (including phenoxy) is 2. The van der Waals surface area contributed by atoms with Crippen molar-refractivity contribution in [2.45, 2.75) is 39.3 Å². The van der Waals surface area contributed by atoms with Crippen molar-refractivity contribution >= 4 is 5.91 Å². The first kappa shape index (κ1) is 13.9. The SMILES string of the molecule is CCOc1nn(CC)cc1C(=O)NC[C@@H]1CCCO1. The molecule has 6 heteroatoms. The molecule has 0 bridgehead atoms. The van der Waals surface area contributed by atoms with Crippen molar-refractivity contribution in [3.05, 3.63) is 11.8 Å². The zero-order valence-electron chi connectivity index (χ0n) is 11.5. The molecule has 1 amide bonds. The van der Waals surface area contributed by atoms with Gasteiger partial charge in [0, 0.05) is 25.9 Å². The van der Waals surface area contributed by atoms with Crippen LogP contribution in [-0.4, -0.2) is 41.6 Å². The maximum Gasteiger partial charge on any atom is 0.258 e. The Balaban J connectivity index is 1.98. The van der Waals surface area contributed by atoms with Crippen LogP contribution < -0.4 is 10.1 Å². The molecule has 1 N–H and O–H groups in total. The summed E-state index contributed by atoms with van der Waals surface area (Å²) in [7, 11) is 0. The Hall–Kier alpha value is -1.56. The van der Waals surface area contributed by atoms with Crippen molar-refractivity contribution < 1.29 is 14.3 Å². The standard InChI is InChI=1S/C13H21N3O3/c1-3-16-9-11(13(15-16)18-4-2)12(17)14-8-10-6-5-7-19-10/h9-10H,3-8H2,1-2H3,(H,14,17)/t10-/m0/s1. The predicted molar refractivity (Wildman–Crippen MR) is 70.4 cm³/mol. The van der Waals surface area contributed by atoms with E-state index < -0.39 is 0 Å². The Morgan fingerprint density at radius 3 is 3.11 bits per heavy atom. The van der Waals surface area contributed by atoms with Crippen LogP contribution in [0, 0.1) is 0 Å². The topological polar surface area (TPSA) is 65.4 Å². The van der Waals surface area contributed by atoms with Crippen LogP contribution in [0.4, 0.5) is 0 Å². The highest BCUT2D eigenvalue weighted by molar-refractivity contribution is 5.96. The third-order valence-electron chi connectivity index (χ3n) is 3.09. The van der Waals surface area contributed by atoms with E-state index in [1.165, 1.54) is 0 Å². The van der Waals surface area contributed by atoms with E-state index in [-0.39, 0.29) is 12.0 Å². The normalized spacial score (nSPS) is 18.5. The number of carbonyl (C=O) groups is 1. The zero-order valence-corrected chi connectivity index (χ0v) is 11.5. The van der Waals surface area contributed by atoms with Crippen LogP contribution in [0.15, 0.2) is 6.20 Å². The van der Waals surface area contributed by atoms with Crippen molar-refractivity contribution in [3.63, 3.8) is 0 Å². The summed E-state index contributed by atoms with van der Waals surface area (Å²) in [6, 6.07) is 0. The fraction of sp³-hybridized carbons (Fsp3) is 0.692. The smallest absolute Gasteiger partial charge is 0.258 e. The first-order valence-corrected chi connectivity index (χ1v) is 6.84. The lowest BCUT2D eigenvalue weighted by molar-refractivity contribution is 0.0854. The van der Waals surface area contributed by atoms with Gasteiger partial charge in [0.15, 0.2) is 0 Å². The number of carbonyl (C=O) groups excluding carboxylic acids is 1. The minimum Gasteiger partial charge on any atom is -0.476 e. The molecule has 2 heterocycles. The molecule has 19 heavy (non-hydrogen) atoms. The third-order valence-corrected chi connectivity index (χ3v) is 3.09. The van der Waals surface area contributed by atoms with E-state index in [1.807, 2.05) is 13.8 Å². The van der Waals surface area contributed by atoms with Crippen molar-refractivity contribution in [1.29, 1.82) is 0 Å². The van der Waals surface area contributed by atoms with Gasteiger partial charge in [0.05, 0.1) is 12.7 Å². The molecular formula is C13H21N3O3. The average Bonchev–Trinajstić information content (AvgIpc) is 3.05. The van der Waals surface area contributed by atoms with Crippen LogP contribution in [-0.2, 0) is 11.3 Å². The number of nitrogens with one attached hydrogen (secondary N) is 1. The summed E-state index contributed by atoms with van der Waals surface area (Å²) in [5.74, 6) is 0.243. The predicted octanol–water partition coefficient (Wildman–Crippen LogP) is 1.21. The summed E-state index contributed by atoms with van der Waals surface area (Å²) in [6.07, 6.45) is 3.93. The van der Waals surface area contributed by atoms with Gasteiger partial charge >= 0.3 is 0 Å². The number of aryl methyl sites for hydroxylation is 1. The quantitative estimate of drug-likeness (QED) is 0.841. The molecule has 1 aromatic heterocycles. The van der Waals surface area contributed by atoms with Crippen LogP contribution >= 0.6 is 0 Å². The molecule has 1 aliphatic rings. The number of aromatic nitrogens is 2. The molecule has 1 aromatic rings. The van der Waals surface area contributed by atoms with Crippen molar-refractivity contribution in [3.8, 4) is 5.88 Å². The fourth-order valence-electron chi connectivity index (χ4n) is 2.07. The van der Waals surface area contributed by atoms with Crippen LogP contribution in [0.1, 0.15) is 37.0 Å². The zero-order chi connectivity index (χ0) is 13.7. The van der Waals surface area contributed by atoms with E-state index in [2.05, 4.69) is 10.4 Å². The molecule has 1 saturated heterocycles. The van der Waals surface area contributed by atoms with Gasteiger partial charge in [-0.15, -0.1) is 5.10 Å². The monoisotopic (exact) mass is 267 g/mol. The van der Waals surface area contributed by atoms with Crippen molar-refractivity contribution in [2.24, 2.45) is 0 Å². The summed E-state index contributed by atoms with van der Waals surface area (Å²) >= 11 is 0. The van der Waals surface area contributed by atoms with E-state index in [4.69, 9.17) is 9.47 Å². The average molecular weight is 267 g/mol. The third kappa shape index (κ3) is 3.47. The van der Waals surface area contributed by atoms with Crippen LogP contribution in [0.3, 0.4) is 0 Å². The van der Waals surface area contributed by atoms with Crippen molar-refractivity contribution in [1.82, 2.24) is 15.1 Å². The number of rotatable bonds is 6. The largest absolute Gasteiger partial charge is 0.476 e. The lowest BCUT2D eigenvalue weighted by atomic mass is 10.2. The molecular weight excluding hydrogens is 246 g/mol. The molecule has 2 rings (SSSR count). The van der Waals surface area contributed by atoms with E-state index in [0.717, 1.165) is 19.4 Å². The second-order valence-corrected chi connectivity index (χ2v) is 4.48. The molecule has 106 valence electrons. The second-order valence-electron chi connectivity index (χ2n) is 4.48. The highest BCUT2D eigenvalue weighted by Gasteiger charge is 2.20. The second kappa shape index (κ2) is 6.56. The molecule has 1 atom stereocenters. The first-order chi connectivity index (χ1) is 9.24. The minimum absolute atomic E-state index is 0.140. The van der Waals surface area contributed by atoms with Crippen LogP contribution in [0.2, 0.25) is 0 Å². The first-order valence-electron chi connectivity index (χ1n) is 6.84. The van der Waals surface area contributed by atoms with E-state index in [1.54, 1.807) is 10.9 Å². The summed E-state index contributed by atoms with van der Waals surface area (Å²) in [5.41, 5.74) is 0.488. The molecule has 1 aliphatic heterocycles. The summed E-state index contributed by atoms with van der Waals surface area (Å²) in [6.45, 7) is 6.38. The van der Waals surface area contributed by atoms with E-state index in [0.29, 0.717) is 31.1 Å². The molecule has 0 unspecified atom stereocenters. The Bertz CT molecular complexity index is 425. The van der Waals surface area contributed by atoms with Gasteiger partial charge in [-0.25, -0.2) is 0 Å². The highest BCUT2D eigenvalue weighted by atomic mass is 16.5. The van der Waals surface area contributed by atoms with Gasteiger partial charge in [-0.3, -0.25) is 9.48 Å². The van der Waals surface area contributed by atoms with Crippen molar-refractivity contribution in [2.75, 3.05) is 19.8 Å². The number of hydrogen-bond acceptors (Lipinski definition) is 4. The molecule has 0 aromatic carbocycles. The molecule has 0 aliphatic carbocycles. The Morgan fingerprint density at radius 1 is 1.63 bits per heavy atom. The van der Waals surface area contributed by atoms with Gasteiger partial charge in [0.1, 0.15) is 5.56 Å². The minimum atomic E-state index is -0.154. The Labute approximate surface area is 113 Å². The van der Waals surface area contributed by atoms with Gasteiger partial charge < -0.3 is 14.8 Å².